The number of aromatic amines is 1. The fourth-order valence-electron chi connectivity index (χ4n) is 1.95. The Balaban J connectivity index is 2.03. The summed E-state index contributed by atoms with van der Waals surface area (Å²) in [5.74, 6) is -1.56. The van der Waals surface area contributed by atoms with Gasteiger partial charge < -0.3 is 24.9 Å². The van der Waals surface area contributed by atoms with Crippen molar-refractivity contribution in [3.8, 4) is 5.75 Å². The van der Waals surface area contributed by atoms with Gasteiger partial charge in [-0.2, -0.15) is 0 Å². The number of carbonyl (C=O) groups excluding carboxylic acids is 1. The van der Waals surface area contributed by atoms with E-state index in [2.05, 4.69) is 10.3 Å². The fraction of sp³-hybridized carbons (Fsp3) is 0.286. The van der Waals surface area contributed by atoms with Crippen LogP contribution in [0, 0.1) is 5.82 Å². The summed E-state index contributed by atoms with van der Waals surface area (Å²) in [5.41, 5.74) is 0.364. The number of hydrogen-bond donors (Lipinski definition) is 3. The van der Waals surface area contributed by atoms with Crippen molar-refractivity contribution < 1.29 is 28.6 Å². The molecule has 2 aromatic rings. The zero-order valence-electron chi connectivity index (χ0n) is 11.8. The van der Waals surface area contributed by atoms with Crippen molar-refractivity contribution in [3.63, 3.8) is 0 Å². The molecular weight excluding hydrogens is 295 g/mol. The van der Waals surface area contributed by atoms with Crippen LogP contribution < -0.4 is 10.1 Å². The van der Waals surface area contributed by atoms with E-state index in [1.54, 1.807) is 0 Å². The predicted octanol–water partition coefficient (Wildman–Crippen LogP) is 1.15. The normalized spacial score (nSPS) is 10.6. The van der Waals surface area contributed by atoms with Crippen molar-refractivity contribution in [2.24, 2.45) is 0 Å². The summed E-state index contributed by atoms with van der Waals surface area (Å²) >= 11 is 0. The second kappa shape index (κ2) is 6.90. The van der Waals surface area contributed by atoms with Gasteiger partial charge >= 0.3 is 5.97 Å². The van der Waals surface area contributed by atoms with Gasteiger partial charge in [-0.25, -0.2) is 9.18 Å². The second-order valence-electron chi connectivity index (χ2n) is 4.42. The van der Waals surface area contributed by atoms with E-state index in [-0.39, 0.29) is 24.4 Å². The molecule has 0 aliphatic heterocycles. The molecule has 0 radical (unpaired) electrons. The van der Waals surface area contributed by atoms with E-state index in [1.165, 1.54) is 25.3 Å². The number of carbonyl (C=O) groups is 2. The van der Waals surface area contributed by atoms with Crippen LogP contribution in [0.1, 0.15) is 10.5 Å². The van der Waals surface area contributed by atoms with E-state index < -0.39 is 24.3 Å². The standard InChI is InChI=1S/C14H15FN2O5/c1-21-11-3-2-9(15)13-8(11)6-10(17-13)14(20)16-4-5-22-7-12(18)19/h2-3,6,17H,4-5,7H2,1H3,(H,16,20)(H,18,19). The quantitative estimate of drug-likeness (QED) is 0.666. The number of ether oxygens (including phenoxy) is 2. The Morgan fingerprint density at radius 1 is 1.41 bits per heavy atom. The maximum atomic E-state index is 13.7. The number of carboxylic acid groups (broad SMARTS) is 1. The number of benzene rings is 1. The summed E-state index contributed by atoms with van der Waals surface area (Å²) in [6.07, 6.45) is 0. The van der Waals surface area contributed by atoms with Crippen molar-refractivity contribution in [1.82, 2.24) is 10.3 Å². The average Bonchev–Trinajstić information content (AvgIpc) is 2.93. The number of aromatic nitrogens is 1. The minimum atomic E-state index is -1.08. The summed E-state index contributed by atoms with van der Waals surface area (Å²) in [5, 5.41) is 11.4. The van der Waals surface area contributed by atoms with Gasteiger partial charge in [-0.3, -0.25) is 4.79 Å². The first kappa shape index (κ1) is 15.8. The molecule has 0 saturated carbocycles. The van der Waals surface area contributed by atoms with Gasteiger partial charge in [0.15, 0.2) is 0 Å². The van der Waals surface area contributed by atoms with Gasteiger partial charge in [0.1, 0.15) is 23.9 Å². The largest absolute Gasteiger partial charge is 0.496 e. The third-order valence-corrected chi connectivity index (χ3v) is 2.93. The third kappa shape index (κ3) is 3.53. The topological polar surface area (TPSA) is 101 Å². The zero-order chi connectivity index (χ0) is 16.1. The number of nitrogens with one attached hydrogen (secondary N) is 2. The lowest BCUT2D eigenvalue weighted by molar-refractivity contribution is -0.142. The van der Waals surface area contributed by atoms with Crippen molar-refractivity contribution in [2.45, 2.75) is 0 Å². The number of rotatable bonds is 7. The number of methoxy groups -OCH3 is 1. The predicted molar refractivity (Wildman–Crippen MR) is 75.6 cm³/mol. The van der Waals surface area contributed by atoms with Gasteiger partial charge in [-0.15, -0.1) is 0 Å². The summed E-state index contributed by atoms with van der Waals surface area (Å²) in [7, 11) is 1.46. The maximum absolute atomic E-state index is 13.7. The van der Waals surface area contributed by atoms with E-state index in [0.29, 0.717) is 11.1 Å². The van der Waals surface area contributed by atoms with E-state index in [9.17, 15) is 14.0 Å². The molecule has 0 unspecified atom stereocenters. The Hall–Kier alpha value is -2.61. The van der Waals surface area contributed by atoms with Crippen molar-refractivity contribution >= 4 is 22.8 Å². The molecule has 2 rings (SSSR count). The Labute approximate surface area is 125 Å². The summed E-state index contributed by atoms with van der Waals surface area (Å²) in [6, 6.07) is 4.22. The van der Waals surface area contributed by atoms with Crippen LogP contribution in [0.4, 0.5) is 4.39 Å². The molecule has 1 aromatic heterocycles. The Kier molecular flexibility index (Phi) is 4.95. The molecule has 22 heavy (non-hydrogen) atoms. The molecule has 0 fully saturated rings. The molecule has 8 heteroatoms. The van der Waals surface area contributed by atoms with Gasteiger partial charge in [0, 0.05) is 11.9 Å². The summed E-state index contributed by atoms with van der Waals surface area (Å²) in [6.45, 7) is -0.221. The van der Waals surface area contributed by atoms with Crippen molar-refractivity contribution in [1.29, 1.82) is 0 Å². The smallest absolute Gasteiger partial charge is 0.329 e. The molecule has 1 aromatic carbocycles. The number of aliphatic carboxylic acids is 1. The SMILES string of the molecule is COc1ccc(F)c2[nH]c(C(=O)NCCOCC(=O)O)cc12. The second-order valence-corrected chi connectivity index (χ2v) is 4.42. The first-order valence-electron chi connectivity index (χ1n) is 6.46. The molecule has 1 amide bonds. The molecule has 1 heterocycles. The summed E-state index contributed by atoms with van der Waals surface area (Å²) < 4.78 is 23.6. The van der Waals surface area contributed by atoms with E-state index in [4.69, 9.17) is 14.6 Å². The highest BCUT2D eigenvalue weighted by molar-refractivity contribution is 5.99. The highest BCUT2D eigenvalue weighted by Gasteiger charge is 2.14. The zero-order valence-corrected chi connectivity index (χ0v) is 11.8. The lowest BCUT2D eigenvalue weighted by Gasteiger charge is -2.03. The number of halogens is 1. The number of H-pyrrole nitrogens is 1. The fourth-order valence-corrected chi connectivity index (χ4v) is 1.95. The van der Waals surface area contributed by atoms with Crippen molar-refractivity contribution in [2.75, 3.05) is 26.9 Å². The first-order valence-corrected chi connectivity index (χ1v) is 6.46. The van der Waals surface area contributed by atoms with Crippen LogP contribution >= 0.6 is 0 Å². The molecular formula is C14H15FN2O5. The lowest BCUT2D eigenvalue weighted by atomic mass is 10.2. The van der Waals surface area contributed by atoms with Gasteiger partial charge in [-0.05, 0) is 18.2 Å². The van der Waals surface area contributed by atoms with Gasteiger partial charge in [0.25, 0.3) is 5.91 Å². The average molecular weight is 310 g/mol. The molecule has 0 aliphatic rings. The highest BCUT2D eigenvalue weighted by atomic mass is 19.1. The monoisotopic (exact) mass is 310 g/mol. The first-order chi connectivity index (χ1) is 10.5. The Morgan fingerprint density at radius 3 is 2.86 bits per heavy atom. The van der Waals surface area contributed by atoms with Crippen LogP contribution in [-0.2, 0) is 9.53 Å². The number of hydrogen-bond acceptors (Lipinski definition) is 4. The lowest BCUT2D eigenvalue weighted by Crippen LogP contribution is -2.28. The van der Waals surface area contributed by atoms with E-state index in [1.807, 2.05) is 0 Å². The van der Waals surface area contributed by atoms with E-state index >= 15 is 0 Å². The van der Waals surface area contributed by atoms with Crippen LogP contribution in [0.5, 0.6) is 5.75 Å². The van der Waals surface area contributed by atoms with Crippen LogP contribution in [0.2, 0.25) is 0 Å². The van der Waals surface area contributed by atoms with Crippen LogP contribution in [0.25, 0.3) is 10.9 Å². The Morgan fingerprint density at radius 2 is 2.18 bits per heavy atom. The molecule has 3 N–H and O–H groups in total. The molecule has 118 valence electrons. The highest BCUT2D eigenvalue weighted by Crippen LogP contribution is 2.28. The molecule has 0 spiro atoms. The molecule has 0 atom stereocenters. The third-order valence-electron chi connectivity index (χ3n) is 2.93. The molecule has 0 aliphatic carbocycles. The Bertz CT molecular complexity index is 698. The van der Waals surface area contributed by atoms with Crippen LogP contribution in [0.3, 0.4) is 0 Å². The molecule has 0 bridgehead atoms. The number of fused-ring (bicyclic) bond motifs is 1. The maximum Gasteiger partial charge on any atom is 0.329 e. The van der Waals surface area contributed by atoms with E-state index in [0.717, 1.165) is 0 Å². The minimum Gasteiger partial charge on any atom is -0.496 e. The van der Waals surface area contributed by atoms with Gasteiger partial charge in [-0.1, -0.05) is 0 Å². The van der Waals surface area contributed by atoms with Crippen molar-refractivity contribution in [3.05, 3.63) is 29.7 Å². The summed E-state index contributed by atoms with van der Waals surface area (Å²) in [4.78, 5) is 24.9. The molecule has 0 saturated heterocycles. The van der Waals surface area contributed by atoms with Gasteiger partial charge in [0.2, 0.25) is 0 Å². The van der Waals surface area contributed by atoms with Crippen LogP contribution in [0.15, 0.2) is 18.2 Å². The van der Waals surface area contributed by atoms with Gasteiger partial charge in [0.05, 0.1) is 19.2 Å². The minimum absolute atomic E-state index is 0.0654. The number of carboxylic acids is 1. The molecule has 7 nitrogen and oxygen atoms in total. The number of amides is 1. The van der Waals surface area contributed by atoms with Crippen LogP contribution in [-0.4, -0.2) is 48.8 Å².